The predicted octanol–water partition coefficient (Wildman–Crippen LogP) is 6.19. The number of nitrogens with zero attached hydrogens (tertiary/aromatic N) is 5. The van der Waals surface area contributed by atoms with E-state index in [1.165, 1.54) is 6.20 Å². The number of hydrogen-bond acceptors (Lipinski definition) is 11. The van der Waals surface area contributed by atoms with Gasteiger partial charge in [0.2, 0.25) is 5.95 Å². The first-order valence-corrected chi connectivity index (χ1v) is 22.5. The molecule has 3 aromatic carbocycles. The molecule has 5 N–H and O–H groups in total. The van der Waals surface area contributed by atoms with Crippen LogP contribution in [0.3, 0.4) is 0 Å². The highest BCUT2D eigenvalue weighted by molar-refractivity contribution is 6.33. The molecular formula is C48H53ClN10O5. The van der Waals surface area contributed by atoms with Crippen LogP contribution >= 0.6 is 11.6 Å². The Morgan fingerprint density at radius 1 is 0.875 bits per heavy atom. The molecule has 15 nitrogen and oxygen atoms in total. The summed E-state index contributed by atoms with van der Waals surface area (Å²) in [4.78, 5) is 77.7. The molecule has 4 aliphatic rings. The molecule has 0 spiro atoms. The minimum absolute atomic E-state index is 0.00298. The van der Waals surface area contributed by atoms with Crippen LogP contribution in [-0.2, 0) is 16.1 Å². The van der Waals surface area contributed by atoms with Crippen molar-refractivity contribution >= 4 is 69.8 Å². The van der Waals surface area contributed by atoms with Gasteiger partial charge < -0.3 is 41.3 Å². The number of carbonyl (C=O) groups excluding carboxylic acids is 5. The molecule has 1 atom stereocenters. The molecule has 2 aliphatic heterocycles. The number of aromatic nitrogens is 2. The highest BCUT2D eigenvalue weighted by Gasteiger charge is 2.39. The molecule has 1 saturated heterocycles. The van der Waals surface area contributed by atoms with E-state index in [0.29, 0.717) is 72.1 Å². The Labute approximate surface area is 378 Å². The standard InChI is InChI=1S/C48H53ClN10O5/c1-50-45(62)38-10-4-5-12-41(38)55-44-40(49)29-52-47(56-44)53-33-17-19-35(20-18-33)57-24-26-58(27-25-57)48(64)54-34-15-13-32(14-16-34)51-23-6-2-3-8-31-9-7-11-37-39(31)30-59(46(37)63)42-22-21-36(60)28-43(42)61/h4-5,7,9-12,17-20,29,32,34,42,51H,2,6,13-16,21-28,30H2,1H3,(H,50,62)(H,54,64)(H2,52,53,55,56). The number of halogens is 1. The van der Waals surface area contributed by atoms with Gasteiger partial charge in [-0.25, -0.2) is 9.78 Å². The minimum Gasteiger partial charge on any atom is -0.368 e. The van der Waals surface area contributed by atoms with Gasteiger partial charge in [-0.2, -0.15) is 4.98 Å². The molecule has 8 rings (SSSR count). The van der Waals surface area contributed by atoms with Crippen LogP contribution in [0, 0.1) is 11.8 Å². The molecule has 3 fully saturated rings. The van der Waals surface area contributed by atoms with Gasteiger partial charge in [0.25, 0.3) is 11.8 Å². The van der Waals surface area contributed by atoms with Gasteiger partial charge in [0.15, 0.2) is 11.6 Å². The Kier molecular flexibility index (Phi) is 14.0. The third kappa shape index (κ3) is 10.5. The van der Waals surface area contributed by atoms with Gasteiger partial charge in [-0.3, -0.25) is 19.2 Å². The van der Waals surface area contributed by atoms with E-state index < -0.39 is 6.04 Å². The van der Waals surface area contributed by atoms with Gasteiger partial charge >= 0.3 is 6.03 Å². The predicted molar refractivity (Wildman–Crippen MR) is 246 cm³/mol. The van der Waals surface area contributed by atoms with E-state index in [1.54, 1.807) is 36.2 Å². The maximum absolute atomic E-state index is 13.3. The van der Waals surface area contributed by atoms with Crippen molar-refractivity contribution in [2.24, 2.45) is 0 Å². The van der Waals surface area contributed by atoms with Gasteiger partial charge in [-0.05, 0) is 99.2 Å². The van der Waals surface area contributed by atoms with Crippen LogP contribution in [-0.4, -0.2) is 107 Å². The number of anilines is 5. The van der Waals surface area contributed by atoms with E-state index in [1.807, 2.05) is 47.4 Å². The van der Waals surface area contributed by atoms with E-state index in [2.05, 4.69) is 53.3 Å². The maximum atomic E-state index is 13.3. The number of para-hydroxylation sites is 1. The molecule has 16 heteroatoms. The fourth-order valence-electron chi connectivity index (χ4n) is 8.88. The monoisotopic (exact) mass is 884 g/mol. The van der Waals surface area contributed by atoms with Crippen molar-refractivity contribution in [1.82, 2.24) is 35.7 Å². The lowest BCUT2D eigenvalue weighted by atomic mass is 9.91. The summed E-state index contributed by atoms with van der Waals surface area (Å²) in [5.41, 5.74) is 5.18. The van der Waals surface area contributed by atoms with Crippen LogP contribution in [0.5, 0.6) is 0 Å². The first-order valence-electron chi connectivity index (χ1n) is 22.1. The highest BCUT2D eigenvalue weighted by atomic mass is 35.5. The molecule has 4 amide bonds. The van der Waals surface area contributed by atoms with E-state index in [0.717, 1.165) is 80.7 Å². The molecule has 0 radical (unpaired) electrons. The number of urea groups is 1. The first kappa shape index (κ1) is 44.1. The number of piperazine rings is 1. The molecule has 3 heterocycles. The van der Waals surface area contributed by atoms with Crippen molar-refractivity contribution in [1.29, 1.82) is 0 Å². The summed E-state index contributed by atoms with van der Waals surface area (Å²) in [6.07, 6.45) is 7.64. The lowest BCUT2D eigenvalue weighted by Gasteiger charge is -2.37. The average Bonchev–Trinajstić information content (AvgIpc) is 3.65. The fourth-order valence-corrected chi connectivity index (χ4v) is 9.02. The summed E-state index contributed by atoms with van der Waals surface area (Å²) in [6.45, 7) is 3.94. The fraction of sp³-hybridized carbons (Fsp3) is 0.396. The molecule has 1 unspecified atom stereocenters. The second kappa shape index (κ2) is 20.3. The third-order valence-corrected chi connectivity index (χ3v) is 12.7. The van der Waals surface area contributed by atoms with Gasteiger partial charge in [-0.15, -0.1) is 0 Å². The van der Waals surface area contributed by atoms with Crippen molar-refractivity contribution in [2.45, 2.75) is 82.5 Å². The molecule has 332 valence electrons. The van der Waals surface area contributed by atoms with Crippen LogP contribution in [0.1, 0.15) is 89.6 Å². The summed E-state index contributed by atoms with van der Waals surface area (Å²) in [5, 5.41) is 16.3. The SMILES string of the molecule is CNC(=O)c1ccccc1Nc1nc(Nc2ccc(N3CCN(C(=O)NC4CCC(NCCCC#Cc5cccc6c5CN(C5CCC(=O)CC5=O)C6=O)CC4)CC3)cc2)ncc1Cl. The first-order chi connectivity index (χ1) is 31.1. The second-order valence-electron chi connectivity index (χ2n) is 16.6. The zero-order valence-electron chi connectivity index (χ0n) is 35.9. The number of unbranched alkanes of at least 4 members (excludes halogenated alkanes) is 1. The minimum atomic E-state index is -0.533. The zero-order chi connectivity index (χ0) is 44.6. The Bertz CT molecular complexity index is 2450. The number of benzene rings is 3. The molecule has 2 aliphatic carbocycles. The van der Waals surface area contributed by atoms with E-state index in [-0.39, 0.29) is 41.9 Å². The highest BCUT2D eigenvalue weighted by Crippen LogP contribution is 2.32. The number of Topliss-reactive ketones (excluding diaryl/α,β-unsaturated/α-hetero) is 2. The number of rotatable bonds is 12. The summed E-state index contributed by atoms with van der Waals surface area (Å²) >= 11 is 6.41. The van der Waals surface area contributed by atoms with Crippen LogP contribution < -0.4 is 31.5 Å². The average molecular weight is 885 g/mol. The van der Waals surface area contributed by atoms with Gasteiger partial charge in [-0.1, -0.05) is 41.6 Å². The van der Waals surface area contributed by atoms with Crippen LogP contribution in [0.25, 0.3) is 0 Å². The molecular weight excluding hydrogens is 832 g/mol. The maximum Gasteiger partial charge on any atom is 0.317 e. The Morgan fingerprint density at radius 3 is 2.41 bits per heavy atom. The smallest absolute Gasteiger partial charge is 0.317 e. The van der Waals surface area contributed by atoms with E-state index in [9.17, 15) is 24.0 Å². The Hall–Kier alpha value is -6.50. The van der Waals surface area contributed by atoms with Crippen LogP contribution in [0.2, 0.25) is 5.02 Å². The third-order valence-electron chi connectivity index (χ3n) is 12.5. The molecule has 0 bridgehead atoms. The molecule has 2 saturated carbocycles. The lowest BCUT2D eigenvalue weighted by Crippen LogP contribution is -2.54. The van der Waals surface area contributed by atoms with E-state index in [4.69, 9.17) is 11.6 Å². The quantitative estimate of drug-likeness (QED) is 0.0623. The Morgan fingerprint density at radius 2 is 1.64 bits per heavy atom. The van der Waals surface area contributed by atoms with Crippen LogP contribution in [0.4, 0.5) is 33.6 Å². The summed E-state index contributed by atoms with van der Waals surface area (Å²) in [5.74, 6) is 6.66. The van der Waals surface area contributed by atoms with Gasteiger partial charge in [0, 0.05) is 87.2 Å². The van der Waals surface area contributed by atoms with Crippen molar-refractivity contribution in [3.05, 3.63) is 100 Å². The van der Waals surface area contributed by atoms with Crippen molar-refractivity contribution in [2.75, 3.05) is 55.3 Å². The number of carbonyl (C=O) groups is 5. The number of fused-ring (bicyclic) bond motifs is 1. The molecule has 4 aromatic rings. The van der Waals surface area contributed by atoms with Crippen molar-refractivity contribution in [3.63, 3.8) is 0 Å². The number of hydrogen-bond donors (Lipinski definition) is 5. The second-order valence-corrected chi connectivity index (χ2v) is 17.1. The lowest BCUT2D eigenvalue weighted by molar-refractivity contribution is -0.133. The summed E-state index contributed by atoms with van der Waals surface area (Å²) in [7, 11) is 1.58. The van der Waals surface area contributed by atoms with Gasteiger partial charge in [0.05, 0.1) is 29.9 Å². The number of amides is 4. The topological polar surface area (TPSA) is 181 Å². The van der Waals surface area contributed by atoms with Crippen molar-refractivity contribution in [3.8, 4) is 11.8 Å². The number of ketones is 2. The largest absolute Gasteiger partial charge is 0.368 e. The van der Waals surface area contributed by atoms with E-state index >= 15 is 0 Å². The van der Waals surface area contributed by atoms with Gasteiger partial charge in [0.1, 0.15) is 10.8 Å². The van der Waals surface area contributed by atoms with Crippen molar-refractivity contribution < 1.29 is 24.0 Å². The zero-order valence-corrected chi connectivity index (χ0v) is 36.7. The summed E-state index contributed by atoms with van der Waals surface area (Å²) in [6, 6.07) is 20.7. The molecule has 64 heavy (non-hydrogen) atoms. The normalized spacial score (nSPS) is 19.7. The van der Waals surface area contributed by atoms with Crippen LogP contribution in [0.15, 0.2) is 72.9 Å². The summed E-state index contributed by atoms with van der Waals surface area (Å²) < 4.78 is 0. The Balaban J connectivity index is 0.722. The molecule has 1 aromatic heterocycles. The number of nitrogens with one attached hydrogen (secondary N) is 5.